The monoisotopic (exact) mass is 380 g/mol. The smallest absolute Gasteiger partial charge is 0.258 e. The number of nitrogens with one attached hydrogen (secondary N) is 1. The van der Waals surface area contributed by atoms with E-state index in [-0.39, 0.29) is 18.2 Å². The number of ether oxygens (including phenoxy) is 1. The molecule has 0 atom stereocenters. The van der Waals surface area contributed by atoms with Crippen LogP contribution in [0, 0.1) is 17.5 Å². The minimum atomic E-state index is -1.76. The summed E-state index contributed by atoms with van der Waals surface area (Å²) < 4.78 is 45.2. The number of rotatable bonds is 4. The summed E-state index contributed by atoms with van der Waals surface area (Å²) >= 11 is 0. The molecule has 9 heteroatoms. The number of carbonyl (C=O) groups is 2. The third kappa shape index (κ3) is 3.45. The predicted molar refractivity (Wildman–Crippen MR) is 90.3 cm³/mol. The van der Waals surface area contributed by atoms with E-state index in [4.69, 9.17) is 4.74 Å². The highest BCUT2D eigenvalue weighted by atomic mass is 19.2. The summed E-state index contributed by atoms with van der Waals surface area (Å²) in [5.74, 6) is -7.66. The summed E-state index contributed by atoms with van der Waals surface area (Å²) in [5.41, 5.74) is 0.907. The minimum Gasteiger partial charge on any atom is -0.503 e. The largest absolute Gasteiger partial charge is 0.503 e. The Kier molecular flexibility index (Phi) is 5.04. The number of benzene rings is 2. The standard InChI is InChI=1S/C18H15F3N2O4/c1-27-8-14(24)23-5-4-9-6-10(2-3-13(9)23)22-18(26)11-7-12(19)16(21)17(25)15(11)20/h2-3,6-7,25H,4-5,8H2,1H3,(H,22,26). The highest BCUT2D eigenvalue weighted by Crippen LogP contribution is 2.31. The van der Waals surface area contributed by atoms with Crippen molar-refractivity contribution in [3.8, 4) is 5.75 Å². The lowest BCUT2D eigenvalue weighted by Gasteiger charge is -2.17. The third-order valence-electron chi connectivity index (χ3n) is 4.18. The SMILES string of the molecule is COCC(=O)N1CCc2cc(NC(=O)c3cc(F)c(F)c(O)c3F)ccc21. The van der Waals surface area contributed by atoms with E-state index in [1.165, 1.54) is 13.2 Å². The molecule has 1 aliphatic rings. The number of nitrogens with zero attached hydrogens (tertiary/aromatic N) is 1. The number of aromatic hydroxyl groups is 1. The van der Waals surface area contributed by atoms with Crippen LogP contribution in [-0.2, 0) is 16.0 Å². The Balaban J connectivity index is 1.82. The van der Waals surface area contributed by atoms with Gasteiger partial charge in [0.05, 0.1) is 5.56 Å². The van der Waals surface area contributed by atoms with Crippen molar-refractivity contribution in [2.45, 2.75) is 6.42 Å². The molecule has 1 aliphatic heterocycles. The molecule has 3 rings (SSSR count). The van der Waals surface area contributed by atoms with Crippen LogP contribution >= 0.6 is 0 Å². The molecule has 2 N–H and O–H groups in total. The van der Waals surface area contributed by atoms with Gasteiger partial charge < -0.3 is 20.1 Å². The molecule has 1 heterocycles. The molecule has 0 unspecified atom stereocenters. The summed E-state index contributed by atoms with van der Waals surface area (Å²) in [4.78, 5) is 25.7. The predicted octanol–water partition coefficient (Wildman–Crippen LogP) is 2.60. The van der Waals surface area contributed by atoms with Gasteiger partial charge >= 0.3 is 0 Å². The molecule has 6 nitrogen and oxygen atoms in total. The second-order valence-corrected chi connectivity index (χ2v) is 5.91. The molecule has 2 aromatic rings. The molecule has 0 bridgehead atoms. The van der Waals surface area contributed by atoms with Crippen molar-refractivity contribution in [2.24, 2.45) is 0 Å². The van der Waals surface area contributed by atoms with E-state index in [1.54, 1.807) is 17.0 Å². The summed E-state index contributed by atoms with van der Waals surface area (Å²) in [7, 11) is 1.42. The maximum absolute atomic E-state index is 13.9. The highest BCUT2D eigenvalue weighted by Gasteiger charge is 2.26. The van der Waals surface area contributed by atoms with Crippen LogP contribution in [0.4, 0.5) is 24.5 Å². The minimum absolute atomic E-state index is 0.0587. The molecule has 0 aliphatic carbocycles. The normalized spacial score (nSPS) is 12.8. The molecular formula is C18H15F3N2O4. The van der Waals surface area contributed by atoms with Crippen LogP contribution in [0.25, 0.3) is 0 Å². The molecule has 0 aromatic heterocycles. The summed E-state index contributed by atoms with van der Waals surface area (Å²) in [6.07, 6.45) is 0.550. The van der Waals surface area contributed by atoms with E-state index in [9.17, 15) is 27.9 Å². The van der Waals surface area contributed by atoms with Gasteiger partial charge in [-0.2, -0.15) is 4.39 Å². The maximum Gasteiger partial charge on any atom is 0.258 e. The van der Waals surface area contributed by atoms with Crippen LogP contribution in [0.15, 0.2) is 24.3 Å². The lowest BCUT2D eigenvalue weighted by Crippen LogP contribution is -2.31. The molecule has 142 valence electrons. The first kappa shape index (κ1) is 18.7. The Morgan fingerprint density at radius 2 is 1.96 bits per heavy atom. The number of amides is 2. The van der Waals surface area contributed by atoms with E-state index >= 15 is 0 Å². The number of phenols is 1. The number of hydrogen-bond donors (Lipinski definition) is 2. The number of halogens is 3. The van der Waals surface area contributed by atoms with Crippen LogP contribution in [0.1, 0.15) is 15.9 Å². The summed E-state index contributed by atoms with van der Waals surface area (Å²) in [6.45, 7) is 0.400. The molecule has 0 spiro atoms. The Morgan fingerprint density at radius 1 is 1.22 bits per heavy atom. The number of hydrogen-bond acceptors (Lipinski definition) is 4. The van der Waals surface area contributed by atoms with Gasteiger partial charge in [0.1, 0.15) is 6.61 Å². The van der Waals surface area contributed by atoms with Gasteiger partial charge in [0, 0.05) is 25.0 Å². The maximum atomic E-state index is 13.9. The van der Waals surface area contributed by atoms with Crippen molar-refractivity contribution >= 4 is 23.2 Å². The summed E-state index contributed by atoms with van der Waals surface area (Å²) in [6, 6.07) is 5.08. The van der Waals surface area contributed by atoms with Gasteiger partial charge in [-0.1, -0.05) is 0 Å². The van der Waals surface area contributed by atoms with Crippen LogP contribution in [0.5, 0.6) is 5.75 Å². The molecule has 0 radical (unpaired) electrons. The molecule has 0 fully saturated rings. The molecular weight excluding hydrogens is 365 g/mol. The second-order valence-electron chi connectivity index (χ2n) is 5.91. The Hall–Kier alpha value is -3.07. The van der Waals surface area contributed by atoms with Gasteiger partial charge in [-0.3, -0.25) is 9.59 Å². The fourth-order valence-corrected chi connectivity index (χ4v) is 2.89. The molecule has 27 heavy (non-hydrogen) atoms. The zero-order valence-corrected chi connectivity index (χ0v) is 14.2. The number of fused-ring (bicyclic) bond motifs is 1. The van der Waals surface area contributed by atoms with Gasteiger partial charge in [-0.25, -0.2) is 8.78 Å². The van der Waals surface area contributed by atoms with E-state index in [0.717, 1.165) is 5.56 Å². The van der Waals surface area contributed by atoms with Gasteiger partial charge in [-0.15, -0.1) is 0 Å². The Labute approximate surface area is 152 Å². The zero-order valence-electron chi connectivity index (χ0n) is 14.2. The first-order chi connectivity index (χ1) is 12.8. The van der Waals surface area contributed by atoms with E-state index in [1.807, 2.05) is 0 Å². The fourth-order valence-electron chi connectivity index (χ4n) is 2.89. The average Bonchev–Trinajstić information content (AvgIpc) is 3.06. The van der Waals surface area contributed by atoms with Crippen molar-refractivity contribution in [1.82, 2.24) is 0 Å². The molecule has 0 saturated heterocycles. The van der Waals surface area contributed by atoms with Crippen molar-refractivity contribution < 1.29 is 32.6 Å². The number of anilines is 2. The third-order valence-corrected chi connectivity index (χ3v) is 4.18. The van der Waals surface area contributed by atoms with Crippen LogP contribution < -0.4 is 10.2 Å². The number of methoxy groups -OCH3 is 1. The average molecular weight is 380 g/mol. The van der Waals surface area contributed by atoms with Gasteiger partial charge in [0.25, 0.3) is 11.8 Å². The van der Waals surface area contributed by atoms with Gasteiger partial charge in [0.15, 0.2) is 17.4 Å². The van der Waals surface area contributed by atoms with Crippen molar-refractivity contribution in [2.75, 3.05) is 30.5 Å². The van der Waals surface area contributed by atoms with Gasteiger partial charge in [0.2, 0.25) is 5.82 Å². The van der Waals surface area contributed by atoms with E-state index < -0.39 is 34.7 Å². The zero-order chi connectivity index (χ0) is 19.7. The second kappa shape index (κ2) is 7.28. The lowest BCUT2D eigenvalue weighted by atomic mass is 10.1. The number of carbonyl (C=O) groups excluding carboxylic acids is 2. The lowest BCUT2D eigenvalue weighted by molar-refractivity contribution is -0.122. The molecule has 2 amide bonds. The van der Waals surface area contributed by atoms with Crippen molar-refractivity contribution in [1.29, 1.82) is 0 Å². The Morgan fingerprint density at radius 3 is 2.67 bits per heavy atom. The highest BCUT2D eigenvalue weighted by molar-refractivity contribution is 6.05. The van der Waals surface area contributed by atoms with Gasteiger partial charge in [-0.05, 0) is 36.2 Å². The van der Waals surface area contributed by atoms with Crippen molar-refractivity contribution in [3.05, 3.63) is 52.8 Å². The van der Waals surface area contributed by atoms with Crippen LogP contribution in [-0.4, -0.2) is 37.2 Å². The first-order valence-electron chi connectivity index (χ1n) is 7.93. The van der Waals surface area contributed by atoms with Crippen LogP contribution in [0.3, 0.4) is 0 Å². The molecule has 0 saturated carbocycles. The topological polar surface area (TPSA) is 78.9 Å². The van der Waals surface area contributed by atoms with E-state index in [2.05, 4.69) is 5.32 Å². The molecule has 2 aromatic carbocycles. The number of phenolic OH excluding ortho intramolecular Hbond substituents is 1. The first-order valence-corrected chi connectivity index (χ1v) is 7.93. The van der Waals surface area contributed by atoms with Crippen molar-refractivity contribution in [3.63, 3.8) is 0 Å². The van der Waals surface area contributed by atoms with Crippen LogP contribution in [0.2, 0.25) is 0 Å². The Bertz CT molecular complexity index is 933. The van der Waals surface area contributed by atoms with E-state index in [0.29, 0.717) is 24.7 Å². The fraction of sp³-hybridized carbons (Fsp3) is 0.222. The quantitative estimate of drug-likeness (QED) is 0.800. The summed E-state index contributed by atoms with van der Waals surface area (Å²) in [5, 5.41) is 11.6.